The van der Waals surface area contributed by atoms with Crippen molar-refractivity contribution in [3.05, 3.63) is 47.8 Å². The van der Waals surface area contributed by atoms with Crippen LogP contribution in [0.5, 0.6) is 0 Å². The molecule has 2 nitrogen and oxygen atoms in total. The first-order valence-corrected chi connectivity index (χ1v) is 6.33. The van der Waals surface area contributed by atoms with E-state index in [0.29, 0.717) is 0 Å². The summed E-state index contributed by atoms with van der Waals surface area (Å²) in [4.78, 5) is 8.68. The first kappa shape index (κ1) is 13.4. The molecule has 1 aliphatic carbocycles. The largest absolute Gasteiger partial charge is 0.254 e. The zero-order chi connectivity index (χ0) is 12.7. The third kappa shape index (κ3) is 2.70. The van der Waals surface area contributed by atoms with Crippen LogP contribution in [0.25, 0.3) is 11.4 Å². The second-order valence-corrected chi connectivity index (χ2v) is 3.20. The van der Waals surface area contributed by atoms with Gasteiger partial charge in [-0.3, -0.25) is 9.97 Å². The fraction of sp³-hybridized carbons (Fsp3) is 0.333. The highest BCUT2D eigenvalue weighted by Gasteiger charge is 2.19. The summed E-state index contributed by atoms with van der Waals surface area (Å²) in [6, 6.07) is 8.18. The smallest absolute Gasteiger partial charge is 0.0924 e. The fourth-order valence-corrected chi connectivity index (χ4v) is 1.79. The molecule has 0 saturated carbocycles. The zero-order valence-electron chi connectivity index (χ0n) is 11.1. The Morgan fingerprint density at radius 1 is 0.765 bits per heavy atom. The van der Waals surface area contributed by atoms with Crippen LogP contribution in [0.2, 0.25) is 0 Å². The number of aromatic nitrogens is 2. The Morgan fingerprint density at radius 3 is 1.59 bits per heavy atom. The molecule has 90 valence electrons. The van der Waals surface area contributed by atoms with E-state index in [2.05, 4.69) is 22.1 Å². The van der Waals surface area contributed by atoms with Gasteiger partial charge in [0.2, 0.25) is 0 Å². The molecule has 0 aliphatic heterocycles. The predicted molar refractivity (Wildman–Crippen MR) is 73.0 cm³/mol. The predicted octanol–water partition coefficient (Wildman–Crippen LogP) is 4.10. The zero-order valence-corrected chi connectivity index (χ0v) is 11.1. The van der Waals surface area contributed by atoms with E-state index < -0.39 is 0 Å². The topological polar surface area (TPSA) is 25.8 Å². The monoisotopic (exact) mass is 228 g/mol. The van der Waals surface area contributed by atoms with Crippen molar-refractivity contribution in [1.82, 2.24) is 9.97 Å². The summed E-state index contributed by atoms with van der Waals surface area (Å²) in [6.07, 6.45) is 4.62. The van der Waals surface area contributed by atoms with Gasteiger partial charge in [-0.05, 0) is 23.3 Å². The summed E-state index contributed by atoms with van der Waals surface area (Å²) in [5.74, 6) is 0. The third-order valence-electron chi connectivity index (χ3n) is 2.39. The van der Waals surface area contributed by atoms with Crippen LogP contribution in [0.3, 0.4) is 0 Å². The maximum Gasteiger partial charge on any atom is 0.0924 e. The van der Waals surface area contributed by atoms with Gasteiger partial charge in [-0.2, -0.15) is 0 Å². The van der Waals surface area contributed by atoms with E-state index in [1.807, 2.05) is 52.2 Å². The molecule has 0 amide bonds. The maximum absolute atomic E-state index is 4.34. The summed E-state index contributed by atoms with van der Waals surface area (Å²) < 4.78 is 0. The lowest BCUT2D eigenvalue weighted by Gasteiger charge is -1.95. The van der Waals surface area contributed by atoms with Crippen LogP contribution in [-0.4, -0.2) is 9.97 Å². The number of rotatable bonds is 0. The van der Waals surface area contributed by atoms with Crippen molar-refractivity contribution in [2.24, 2.45) is 0 Å². The normalized spacial score (nSPS) is 10.1. The molecule has 17 heavy (non-hydrogen) atoms. The molecule has 3 rings (SSSR count). The minimum atomic E-state index is 0.979. The van der Waals surface area contributed by atoms with Crippen molar-refractivity contribution < 1.29 is 0 Å². The van der Waals surface area contributed by atoms with Gasteiger partial charge >= 0.3 is 0 Å². The summed E-state index contributed by atoms with van der Waals surface area (Å²) >= 11 is 0. The van der Waals surface area contributed by atoms with Crippen LogP contribution in [0.4, 0.5) is 0 Å². The van der Waals surface area contributed by atoms with E-state index in [1.165, 1.54) is 11.1 Å². The van der Waals surface area contributed by atoms with Crippen LogP contribution in [-0.2, 0) is 6.42 Å². The lowest BCUT2D eigenvalue weighted by molar-refractivity contribution is 1.22. The molecule has 2 heterocycles. The molecule has 0 fully saturated rings. The van der Waals surface area contributed by atoms with Crippen molar-refractivity contribution in [1.29, 1.82) is 0 Å². The minimum Gasteiger partial charge on any atom is -0.254 e. The number of hydrogen-bond acceptors (Lipinski definition) is 2. The Hall–Kier alpha value is -1.70. The van der Waals surface area contributed by atoms with Gasteiger partial charge in [-0.25, -0.2) is 0 Å². The van der Waals surface area contributed by atoms with Gasteiger partial charge in [0.15, 0.2) is 0 Å². The van der Waals surface area contributed by atoms with E-state index in [4.69, 9.17) is 0 Å². The number of pyridine rings is 2. The molecule has 0 unspecified atom stereocenters. The molecule has 2 heteroatoms. The minimum absolute atomic E-state index is 0.979. The second-order valence-electron chi connectivity index (χ2n) is 3.20. The highest BCUT2D eigenvalue weighted by atomic mass is 14.8. The Labute approximate surface area is 104 Å². The molecule has 1 aliphatic rings. The van der Waals surface area contributed by atoms with Crippen molar-refractivity contribution in [3.8, 4) is 11.4 Å². The van der Waals surface area contributed by atoms with Crippen molar-refractivity contribution in [3.63, 3.8) is 0 Å². The summed E-state index contributed by atoms with van der Waals surface area (Å²) in [5.41, 5.74) is 4.68. The van der Waals surface area contributed by atoms with E-state index in [9.17, 15) is 0 Å². The average molecular weight is 228 g/mol. The van der Waals surface area contributed by atoms with Crippen molar-refractivity contribution >= 4 is 0 Å². The van der Waals surface area contributed by atoms with Crippen molar-refractivity contribution in [2.75, 3.05) is 0 Å². The highest BCUT2D eigenvalue weighted by Crippen LogP contribution is 2.31. The van der Waals surface area contributed by atoms with Gasteiger partial charge in [0, 0.05) is 18.8 Å². The molecule has 0 bridgehead atoms. The quantitative estimate of drug-likeness (QED) is 0.579. The van der Waals surface area contributed by atoms with E-state index in [0.717, 1.165) is 17.8 Å². The van der Waals surface area contributed by atoms with Gasteiger partial charge < -0.3 is 0 Å². The van der Waals surface area contributed by atoms with Crippen LogP contribution in [0.1, 0.15) is 38.8 Å². The van der Waals surface area contributed by atoms with E-state index in [-0.39, 0.29) is 0 Å². The van der Waals surface area contributed by atoms with Crippen LogP contribution >= 0.6 is 0 Å². The molecule has 0 radical (unpaired) electrons. The maximum atomic E-state index is 4.34. The van der Waals surface area contributed by atoms with Crippen LogP contribution in [0.15, 0.2) is 36.7 Å². The molecule has 2 aromatic heterocycles. The Morgan fingerprint density at radius 2 is 1.18 bits per heavy atom. The second kappa shape index (κ2) is 6.79. The molecular weight excluding hydrogens is 208 g/mol. The van der Waals surface area contributed by atoms with Crippen LogP contribution < -0.4 is 0 Å². The molecular formula is C15H20N2. The SMILES string of the molecule is CC.CC.c1cnc2c(c1)Cc1cccnc1-2. The summed E-state index contributed by atoms with van der Waals surface area (Å²) in [7, 11) is 0. The van der Waals surface area contributed by atoms with Gasteiger partial charge in [0.05, 0.1) is 11.4 Å². The molecule has 0 atom stereocenters. The molecule has 0 N–H and O–H groups in total. The van der Waals surface area contributed by atoms with E-state index >= 15 is 0 Å². The molecule has 0 saturated heterocycles. The van der Waals surface area contributed by atoms with Crippen molar-refractivity contribution in [2.45, 2.75) is 34.1 Å². The summed E-state index contributed by atoms with van der Waals surface area (Å²) in [6.45, 7) is 8.00. The van der Waals surface area contributed by atoms with Crippen LogP contribution in [0, 0.1) is 0 Å². The fourth-order valence-electron chi connectivity index (χ4n) is 1.79. The number of hydrogen-bond donors (Lipinski definition) is 0. The molecule has 0 spiro atoms. The molecule has 2 aromatic rings. The standard InChI is InChI=1S/C11H8N2.2C2H6/c1-3-8-7-9-4-2-6-13-11(9)10(8)12-5-1;2*1-2/h1-6H,7H2;2*1-2H3. The first-order chi connectivity index (χ1) is 8.45. The molecule has 0 aromatic carbocycles. The van der Waals surface area contributed by atoms with Gasteiger partial charge in [-0.15, -0.1) is 0 Å². The highest BCUT2D eigenvalue weighted by molar-refractivity contribution is 5.69. The Balaban J connectivity index is 0.000000330. The van der Waals surface area contributed by atoms with Gasteiger partial charge in [0.1, 0.15) is 0 Å². The Bertz CT molecular complexity index is 420. The number of fused-ring (bicyclic) bond motifs is 3. The number of nitrogens with zero attached hydrogens (tertiary/aromatic N) is 2. The average Bonchev–Trinajstić information content (AvgIpc) is 2.82. The lowest BCUT2D eigenvalue weighted by Crippen LogP contribution is -1.84. The first-order valence-electron chi connectivity index (χ1n) is 6.33. The van der Waals surface area contributed by atoms with Gasteiger partial charge in [0.25, 0.3) is 0 Å². The Kier molecular flexibility index (Phi) is 5.34. The third-order valence-corrected chi connectivity index (χ3v) is 2.39. The van der Waals surface area contributed by atoms with E-state index in [1.54, 1.807) is 0 Å². The lowest BCUT2D eigenvalue weighted by atomic mass is 10.2. The van der Waals surface area contributed by atoms with Gasteiger partial charge in [-0.1, -0.05) is 39.8 Å². The summed E-state index contributed by atoms with van der Waals surface area (Å²) in [5, 5.41) is 0.